The van der Waals surface area contributed by atoms with E-state index in [-0.39, 0.29) is 0 Å². The standard InChI is InChI=1S/C56H34O2/c1-2-11-35(12-3-1)37-23-25-38(26-24-37)42-32-43(41-28-27-36-13-4-5-15-40(36)31-41)34-44(33-42)46-17-9-21-50-54(46)55-47(18-10-22-51(55)57-50)48-19-8-20-49-53-45-16-7-6-14-39(45)29-30-52(53)58-56(48)49/h1-34H. The van der Waals surface area contributed by atoms with Crippen LogP contribution in [-0.4, -0.2) is 0 Å². The summed E-state index contributed by atoms with van der Waals surface area (Å²) in [5.41, 5.74) is 14.9. The van der Waals surface area contributed by atoms with Crippen molar-refractivity contribution in [3.05, 3.63) is 206 Å². The van der Waals surface area contributed by atoms with E-state index in [0.29, 0.717) is 0 Å². The number of rotatable bonds is 5. The highest BCUT2D eigenvalue weighted by molar-refractivity contribution is 6.24. The summed E-state index contributed by atoms with van der Waals surface area (Å²) >= 11 is 0. The number of hydrogen-bond acceptors (Lipinski definition) is 2. The van der Waals surface area contributed by atoms with E-state index in [1.165, 1.54) is 38.2 Å². The predicted octanol–water partition coefficient (Wildman–Crippen LogP) is 16.1. The zero-order valence-electron chi connectivity index (χ0n) is 31.4. The normalized spacial score (nSPS) is 11.8. The molecule has 12 aromatic rings. The second-order valence-electron chi connectivity index (χ2n) is 15.2. The van der Waals surface area contributed by atoms with Crippen LogP contribution >= 0.6 is 0 Å². The molecule has 0 radical (unpaired) electrons. The Labute approximate surface area is 334 Å². The zero-order chi connectivity index (χ0) is 38.2. The van der Waals surface area contributed by atoms with Gasteiger partial charge in [0, 0.05) is 27.1 Å². The van der Waals surface area contributed by atoms with Crippen molar-refractivity contribution < 1.29 is 8.83 Å². The van der Waals surface area contributed by atoms with Crippen LogP contribution in [0.5, 0.6) is 0 Å². The lowest BCUT2D eigenvalue weighted by atomic mass is 9.89. The molecule has 2 nitrogen and oxygen atoms in total. The fourth-order valence-corrected chi connectivity index (χ4v) is 9.08. The summed E-state index contributed by atoms with van der Waals surface area (Å²) in [6.07, 6.45) is 0. The third kappa shape index (κ3) is 5.19. The van der Waals surface area contributed by atoms with Gasteiger partial charge in [0.05, 0.1) is 0 Å². The highest BCUT2D eigenvalue weighted by Crippen LogP contribution is 2.46. The number of hydrogen-bond donors (Lipinski definition) is 0. The summed E-state index contributed by atoms with van der Waals surface area (Å²) in [5.74, 6) is 0. The van der Waals surface area contributed by atoms with Crippen LogP contribution in [0, 0.1) is 0 Å². The molecular weight excluding hydrogens is 705 g/mol. The SMILES string of the molecule is c1ccc(-c2ccc(-c3cc(-c4ccc5ccccc5c4)cc(-c4cccc5oc6cccc(-c7cccc8c7oc7ccc9ccccc9c78)c6c45)c3)cc2)cc1. The Kier molecular flexibility index (Phi) is 7.26. The smallest absolute Gasteiger partial charge is 0.143 e. The van der Waals surface area contributed by atoms with E-state index in [9.17, 15) is 0 Å². The first-order chi connectivity index (χ1) is 28.7. The number of furan rings is 2. The largest absolute Gasteiger partial charge is 0.456 e. The molecule has 2 heteroatoms. The lowest BCUT2D eigenvalue weighted by Crippen LogP contribution is -1.88. The Morgan fingerprint density at radius 1 is 0.241 bits per heavy atom. The molecule has 0 bridgehead atoms. The summed E-state index contributed by atoms with van der Waals surface area (Å²) in [6, 6.07) is 74.0. The lowest BCUT2D eigenvalue weighted by molar-refractivity contribution is 0.669. The van der Waals surface area contributed by atoms with Crippen LogP contribution < -0.4 is 0 Å². The second kappa shape index (κ2) is 12.9. The first-order valence-electron chi connectivity index (χ1n) is 19.8. The molecule has 58 heavy (non-hydrogen) atoms. The Morgan fingerprint density at radius 2 is 0.776 bits per heavy atom. The van der Waals surface area contributed by atoms with Crippen molar-refractivity contribution in [3.8, 4) is 55.6 Å². The molecule has 0 unspecified atom stereocenters. The minimum Gasteiger partial charge on any atom is -0.456 e. The number of fused-ring (bicyclic) bond motifs is 9. The van der Waals surface area contributed by atoms with E-state index in [1.807, 2.05) is 0 Å². The molecule has 270 valence electrons. The molecule has 0 aliphatic rings. The topological polar surface area (TPSA) is 26.3 Å². The van der Waals surface area contributed by atoms with E-state index >= 15 is 0 Å². The fraction of sp³-hybridized carbons (Fsp3) is 0. The summed E-state index contributed by atoms with van der Waals surface area (Å²) in [5, 5.41) is 9.28. The molecule has 0 aliphatic heterocycles. The van der Waals surface area contributed by atoms with Crippen LogP contribution in [0.3, 0.4) is 0 Å². The van der Waals surface area contributed by atoms with Crippen LogP contribution in [0.4, 0.5) is 0 Å². The summed E-state index contributed by atoms with van der Waals surface area (Å²) in [4.78, 5) is 0. The second-order valence-corrected chi connectivity index (χ2v) is 15.2. The van der Waals surface area contributed by atoms with Gasteiger partial charge in [0.2, 0.25) is 0 Å². The first-order valence-corrected chi connectivity index (χ1v) is 19.8. The van der Waals surface area contributed by atoms with E-state index < -0.39 is 0 Å². The molecule has 2 heterocycles. The van der Waals surface area contributed by atoms with Crippen molar-refractivity contribution in [2.24, 2.45) is 0 Å². The molecule has 0 saturated carbocycles. The van der Waals surface area contributed by atoms with Gasteiger partial charge in [-0.3, -0.25) is 0 Å². The third-order valence-electron chi connectivity index (χ3n) is 11.9. The van der Waals surface area contributed by atoms with Gasteiger partial charge in [0.1, 0.15) is 22.3 Å². The van der Waals surface area contributed by atoms with Crippen molar-refractivity contribution in [1.29, 1.82) is 0 Å². The molecule has 0 saturated heterocycles. The quantitative estimate of drug-likeness (QED) is 0.176. The minimum absolute atomic E-state index is 0.848. The fourth-order valence-electron chi connectivity index (χ4n) is 9.08. The molecule has 0 aliphatic carbocycles. The van der Waals surface area contributed by atoms with Gasteiger partial charge in [-0.2, -0.15) is 0 Å². The van der Waals surface area contributed by atoms with E-state index in [0.717, 1.165) is 82.8 Å². The van der Waals surface area contributed by atoms with Crippen LogP contribution in [0.2, 0.25) is 0 Å². The van der Waals surface area contributed by atoms with Crippen molar-refractivity contribution in [1.82, 2.24) is 0 Å². The molecule has 0 atom stereocenters. The Hall–Kier alpha value is -7.68. The molecule has 0 N–H and O–H groups in total. The number of para-hydroxylation sites is 1. The van der Waals surface area contributed by atoms with Gasteiger partial charge in [0.25, 0.3) is 0 Å². The zero-order valence-corrected chi connectivity index (χ0v) is 31.4. The van der Waals surface area contributed by atoms with Crippen LogP contribution in [0.1, 0.15) is 0 Å². The molecule has 0 spiro atoms. The van der Waals surface area contributed by atoms with Crippen LogP contribution in [0.15, 0.2) is 215 Å². The molecule has 2 aromatic heterocycles. The molecule has 12 rings (SSSR count). The highest BCUT2D eigenvalue weighted by Gasteiger charge is 2.21. The maximum absolute atomic E-state index is 6.76. The monoisotopic (exact) mass is 738 g/mol. The van der Waals surface area contributed by atoms with E-state index in [1.54, 1.807) is 0 Å². The average molecular weight is 739 g/mol. The molecule has 0 amide bonds. The van der Waals surface area contributed by atoms with Crippen LogP contribution in [0.25, 0.3) is 121 Å². The average Bonchev–Trinajstić information content (AvgIpc) is 3.88. The van der Waals surface area contributed by atoms with Gasteiger partial charge in [-0.15, -0.1) is 0 Å². The molecule has 0 fully saturated rings. The van der Waals surface area contributed by atoms with E-state index in [2.05, 4.69) is 206 Å². The van der Waals surface area contributed by atoms with Crippen LogP contribution in [-0.2, 0) is 0 Å². The Balaban J connectivity index is 1.09. The van der Waals surface area contributed by atoms with Gasteiger partial charge < -0.3 is 8.83 Å². The Morgan fingerprint density at radius 3 is 1.59 bits per heavy atom. The lowest BCUT2D eigenvalue weighted by Gasteiger charge is -2.14. The number of benzene rings is 10. The summed E-state index contributed by atoms with van der Waals surface area (Å²) in [6.45, 7) is 0. The van der Waals surface area contributed by atoms with Gasteiger partial charge in [-0.1, -0.05) is 164 Å². The van der Waals surface area contributed by atoms with Gasteiger partial charge in [0.15, 0.2) is 0 Å². The molecular formula is C56H34O2. The predicted molar refractivity (Wildman–Crippen MR) is 243 cm³/mol. The molecule has 10 aromatic carbocycles. The summed E-state index contributed by atoms with van der Waals surface area (Å²) in [7, 11) is 0. The first kappa shape index (κ1) is 32.6. The highest BCUT2D eigenvalue weighted by atomic mass is 16.3. The van der Waals surface area contributed by atoms with Crippen molar-refractivity contribution in [2.45, 2.75) is 0 Å². The minimum atomic E-state index is 0.848. The van der Waals surface area contributed by atoms with Crippen molar-refractivity contribution in [3.63, 3.8) is 0 Å². The van der Waals surface area contributed by atoms with Gasteiger partial charge >= 0.3 is 0 Å². The van der Waals surface area contributed by atoms with Gasteiger partial charge in [-0.25, -0.2) is 0 Å². The van der Waals surface area contributed by atoms with Crippen molar-refractivity contribution >= 4 is 65.4 Å². The Bertz CT molecular complexity index is 3550. The van der Waals surface area contributed by atoms with E-state index in [4.69, 9.17) is 8.83 Å². The van der Waals surface area contributed by atoms with Crippen molar-refractivity contribution in [2.75, 3.05) is 0 Å². The maximum Gasteiger partial charge on any atom is 0.143 e. The third-order valence-corrected chi connectivity index (χ3v) is 11.9. The summed E-state index contributed by atoms with van der Waals surface area (Å²) < 4.78 is 13.5. The maximum atomic E-state index is 6.76. The van der Waals surface area contributed by atoms with Gasteiger partial charge in [-0.05, 0) is 114 Å².